The highest BCUT2D eigenvalue weighted by atomic mass is 32.3. The van der Waals surface area contributed by atoms with E-state index in [9.17, 15) is 18.1 Å². The molecular weight excluding hydrogens is 452 g/mol. The van der Waals surface area contributed by atoms with Gasteiger partial charge < -0.3 is 14.6 Å². The maximum atomic E-state index is 9.45. The number of aliphatic hydroxyl groups is 1. The first-order chi connectivity index (χ1) is 16.4. The van der Waals surface area contributed by atoms with E-state index in [0.717, 1.165) is 13.1 Å². The first kappa shape index (κ1) is 33.5. The smallest absolute Gasteiger partial charge is 0.217 e. The molecule has 2 atom stereocenters. The Labute approximate surface area is 210 Å². The number of nitrogens with one attached hydrogen (secondary N) is 1. The lowest BCUT2D eigenvalue weighted by Gasteiger charge is -2.23. The molecule has 0 aromatic rings. The lowest BCUT2D eigenvalue weighted by Crippen LogP contribution is -3.14. The van der Waals surface area contributed by atoms with E-state index in [0.29, 0.717) is 6.17 Å². The predicted molar refractivity (Wildman–Crippen MR) is 140 cm³/mol. The molecular formula is C26H54N2O5S. The van der Waals surface area contributed by atoms with Gasteiger partial charge in [0.15, 0.2) is 6.17 Å². The van der Waals surface area contributed by atoms with Crippen LogP contribution in [0.3, 0.4) is 0 Å². The van der Waals surface area contributed by atoms with Crippen molar-refractivity contribution in [3.05, 3.63) is 12.2 Å². The zero-order valence-electron chi connectivity index (χ0n) is 22.3. The van der Waals surface area contributed by atoms with Crippen LogP contribution in [0.5, 0.6) is 0 Å². The summed E-state index contributed by atoms with van der Waals surface area (Å²) in [5.41, 5.74) is 0. The zero-order valence-corrected chi connectivity index (χ0v) is 23.1. The Hall–Kier alpha value is -0.510. The number of rotatable bonds is 20. The van der Waals surface area contributed by atoms with Gasteiger partial charge in [-0.2, -0.15) is 0 Å². The van der Waals surface area contributed by atoms with Crippen molar-refractivity contribution < 1.29 is 27.2 Å². The van der Waals surface area contributed by atoms with E-state index in [1.807, 2.05) is 0 Å². The first-order valence-corrected chi connectivity index (χ1v) is 15.2. The summed E-state index contributed by atoms with van der Waals surface area (Å²) in [6.45, 7) is 10.5. The van der Waals surface area contributed by atoms with Crippen molar-refractivity contribution in [2.75, 3.05) is 39.4 Å². The molecule has 1 rings (SSSR count). The number of aliphatic hydroxyl groups excluding tert-OH is 1. The number of allylic oxidation sites excluding steroid dienone is 1. The van der Waals surface area contributed by atoms with Crippen LogP contribution in [0.15, 0.2) is 12.2 Å². The van der Waals surface area contributed by atoms with Crippen LogP contribution in [0, 0.1) is 0 Å². The van der Waals surface area contributed by atoms with Crippen LogP contribution in [0.1, 0.15) is 111 Å². The van der Waals surface area contributed by atoms with Crippen LogP contribution in [-0.4, -0.2) is 68.5 Å². The fourth-order valence-corrected chi connectivity index (χ4v) is 4.79. The molecule has 0 saturated carbocycles. The van der Waals surface area contributed by atoms with Gasteiger partial charge in [0.1, 0.15) is 0 Å². The topological polar surface area (TPSA) is 94.3 Å². The third-order valence-corrected chi connectivity index (χ3v) is 6.95. The van der Waals surface area contributed by atoms with E-state index >= 15 is 0 Å². The van der Waals surface area contributed by atoms with Crippen LogP contribution in [0.2, 0.25) is 0 Å². The Morgan fingerprint density at radius 2 is 1.47 bits per heavy atom. The molecule has 1 fully saturated rings. The van der Waals surface area contributed by atoms with Crippen LogP contribution in [-0.2, 0) is 14.6 Å². The summed E-state index contributed by atoms with van der Waals surface area (Å²) in [6, 6.07) is 0. The molecule has 1 aliphatic rings. The highest BCUT2D eigenvalue weighted by Crippen LogP contribution is 2.13. The largest absolute Gasteiger partial charge is 0.726 e. The predicted octanol–water partition coefficient (Wildman–Crippen LogP) is 4.05. The fraction of sp³-hybridized carbons (Fsp3) is 0.923. The van der Waals surface area contributed by atoms with Gasteiger partial charge in [0.2, 0.25) is 10.4 Å². The van der Waals surface area contributed by atoms with Gasteiger partial charge in [-0.15, -0.1) is 0 Å². The van der Waals surface area contributed by atoms with Gasteiger partial charge in [-0.25, -0.2) is 13.3 Å². The van der Waals surface area contributed by atoms with Crippen molar-refractivity contribution in [1.82, 2.24) is 4.90 Å². The molecule has 1 aliphatic heterocycles. The number of nitrogens with zero attached hydrogens (tertiary/aromatic N) is 1. The molecule has 0 spiro atoms. The van der Waals surface area contributed by atoms with Gasteiger partial charge in [0, 0.05) is 6.54 Å². The number of hydrogen-bond donors (Lipinski definition) is 2. The lowest BCUT2D eigenvalue weighted by molar-refractivity contribution is -0.909. The molecule has 34 heavy (non-hydrogen) atoms. The van der Waals surface area contributed by atoms with Crippen molar-refractivity contribution in [1.29, 1.82) is 0 Å². The zero-order chi connectivity index (χ0) is 25.5. The van der Waals surface area contributed by atoms with E-state index in [-0.39, 0.29) is 13.2 Å². The maximum absolute atomic E-state index is 9.45. The molecule has 204 valence electrons. The van der Waals surface area contributed by atoms with E-state index in [2.05, 4.69) is 35.1 Å². The summed E-state index contributed by atoms with van der Waals surface area (Å²) in [4.78, 5) is 4.07. The standard InChI is InChI=1S/C24H48N2O.C2H6O4S/c1-3-5-6-7-8-9-10-11-12-13-14-15-16-17-18-19-24-25(4-2)20-21-26(24)22-23-27;1-2-6-7(3,4)5/h18-19,24,27H,3-17,20-23H2,1-2H3;2H2,1H3,(H,3,4,5)/b19-18+;. The van der Waals surface area contributed by atoms with E-state index in [1.54, 1.807) is 4.90 Å². The van der Waals surface area contributed by atoms with Crippen LogP contribution >= 0.6 is 0 Å². The van der Waals surface area contributed by atoms with Crippen molar-refractivity contribution in [3.63, 3.8) is 0 Å². The second kappa shape index (κ2) is 22.9. The minimum atomic E-state index is -4.42. The number of unbranched alkanes of at least 4 members (excludes halogenated alkanes) is 13. The van der Waals surface area contributed by atoms with E-state index in [1.165, 1.54) is 110 Å². The molecule has 0 aromatic heterocycles. The quantitative estimate of drug-likeness (QED) is 0.112. The van der Waals surface area contributed by atoms with Crippen LogP contribution in [0.4, 0.5) is 0 Å². The summed E-state index contributed by atoms with van der Waals surface area (Å²) in [6.07, 6.45) is 25.0. The number of hydrogen-bond acceptors (Lipinski definition) is 6. The molecule has 0 aromatic carbocycles. The maximum Gasteiger partial charge on any atom is 0.217 e. The Morgan fingerprint density at radius 1 is 0.941 bits per heavy atom. The third-order valence-electron chi connectivity index (χ3n) is 6.43. The molecule has 8 heteroatoms. The number of β-amino-alcohol motifs (C(OH)–C–C–N with tert-alkyl or cyclic N) is 1. The van der Waals surface area contributed by atoms with Gasteiger partial charge in [0.25, 0.3) is 0 Å². The van der Waals surface area contributed by atoms with Gasteiger partial charge in [-0.05, 0) is 32.8 Å². The van der Waals surface area contributed by atoms with Crippen molar-refractivity contribution in [2.45, 2.75) is 117 Å². The van der Waals surface area contributed by atoms with Crippen molar-refractivity contribution >= 4 is 10.4 Å². The van der Waals surface area contributed by atoms with Crippen LogP contribution < -0.4 is 4.90 Å². The van der Waals surface area contributed by atoms with Gasteiger partial charge in [0.05, 0.1) is 32.8 Å². The first-order valence-electron chi connectivity index (χ1n) is 13.9. The van der Waals surface area contributed by atoms with E-state index in [4.69, 9.17) is 0 Å². The Balaban J connectivity index is 0.00000135. The summed E-state index contributed by atoms with van der Waals surface area (Å²) in [5.74, 6) is 0. The average molecular weight is 507 g/mol. The molecule has 2 unspecified atom stereocenters. The summed E-state index contributed by atoms with van der Waals surface area (Å²) < 4.78 is 32.0. The van der Waals surface area contributed by atoms with Crippen molar-refractivity contribution in [2.24, 2.45) is 0 Å². The summed E-state index contributed by atoms with van der Waals surface area (Å²) in [7, 11) is -4.42. The second-order valence-electron chi connectivity index (χ2n) is 9.24. The molecule has 0 aliphatic carbocycles. The molecule has 1 heterocycles. The summed E-state index contributed by atoms with van der Waals surface area (Å²) in [5, 5.41) is 9.23. The highest BCUT2D eigenvalue weighted by molar-refractivity contribution is 7.80. The van der Waals surface area contributed by atoms with Gasteiger partial charge in [-0.3, -0.25) is 4.18 Å². The SMILES string of the molecule is CCCCCCCCCCCCCCC/C=C/C1N(CCO)CC[NH+]1CC.CCOS(=O)(=O)[O-]. The minimum Gasteiger partial charge on any atom is -0.726 e. The normalized spacial score (nSPS) is 19.0. The lowest BCUT2D eigenvalue weighted by atomic mass is 10.0. The molecule has 1 saturated heterocycles. The van der Waals surface area contributed by atoms with Crippen molar-refractivity contribution in [3.8, 4) is 0 Å². The highest BCUT2D eigenvalue weighted by Gasteiger charge is 2.31. The molecule has 7 nitrogen and oxygen atoms in total. The minimum absolute atomic E-state index is 0.0914. The summed E-state index contributed by atoms with van der Waals surface area (Å²) >= 11 is 0. The fourth-order valence-electron chi connectivity index (χ4n) is 4.50. The molecule has 0 bridgehead atoms. The second-order valence-corrected chi connectivity index (χ2v) is 10.3. The van der Waals surface area contributed by atoms with Gasteiger partial charge in [-0.1, -0.05) is 90.0 Å². The number of likely N-dealkylation sites (N-methyl/N-ethyl adjacent to an activating group) is 1. The monoisotopic (exact) mass is 506 g/mol. The van der Waals surface area contributed by atoms with E-state index < -0.39 is 10.4 Å². The Morgan fingerprint density at radius 3 is 1.88 bits per heavy atom. The molecule has 0 amide bonds. The van der Waals surface area contributed by atoms with Crippen LogP contribution in [0.25, 0.3) is 0 Å². The Bertz CT molecular complexity index is 572. The molecule has 0 radical (unpaired) electrons. The van der Waals surface area contributed by atoms with Gasteiger partial charge >= 0.3 is 0 Å². The average Bonchev–Trinajstić information content (AvgIpc) is 3.18. The third kappa shape index (κ3) is 19.8. The Kier molecular flexibility index (Phi) is 22.6. The number of quaternary nitrogens is 1. The molecule has 2 N–H and O–H groups in total.